The van der Waals surface area contributed by atoms with Gasteiger partial charge >= 0.3 is 5.69 Å². The van der Waals surface area contributed by atoms with Crippen LogP contribution in [0.15, 0.2) is 75.6 Å². The van der Waals surface area contributed by atoms with Gasteiger partial charge in [-0.05, 0) is 29.8 Å². The molecule has 2 aromatic carbocycles. The number of fused-ring (bicyclic) bond motifs is 1. The quantitative estimate of drug-likeness (QED) is 0.642. The first-order valence-corrected chi connectivity index (χ1v) is 8.34. The van der Waals surface area contributed by atoms with Crippen LogP contribution in [0.5, 0.6) is 17.4 Å². The molecule has 8 heteroatoms. The maximum Gasteiger partial charge on any atom is 0.328 e. The number of nitriles is 1. The topological polar surface area (TPSA) is 134 Å². The minimum atomic E-state index is -0.811. The van der Waals surface area contributed by atoms with Crippen LogP contribution in [0, 0.1) is 11.3 Å². The van der Waals surface area contributed by atoms with Gasteiger partial charge in [-0.2, -0.15) is 5.26 Å². The van der Waals surface area contributed by atoms with Gasteiger partial charge in [-0.15, -0.1) is 0 Å². The standard InChI is InChI=1S/C20H14N4O4/c21-10-14-15(16-18(25)23-20(26)24-19(16)28-17(14)22)11-5-4-8-13(9-11)27-12-6-2-1-3-7-12/h1-9,15H,22H2,(H2,23,24,25,26). The molecule has 0 spiro atoms. The van der Waals surface area contributed by atoms with Crippen LogP contribution in [0.1, 0.15) is 17.0 Å². The Labute approximate surface area is 158 Å². The second-order valence-corrected chi connectivity index (χ2v) is 6.06. The van der Waals surface area contributed by atoms with E-state index in [1.54, 1.807) is 24.3 Å². The lowest BCUT2D eigenvalue weighted by molar-refractivity contribution is 0.373. The molecule has 1 atom stereocenters. The van der Waals surface area contributed by atoms with Gasteiger partial charge in [-0.3, -0.25) is 14.8 Å². The lowest BCUT2D eigenvalue weighted by atomic mass is 9.85. The summed E-state index contributed by atoms with van der Waals surface area (Å²) in [6, 6.07) is 18.1. The Hall–Kier alpha value is -4.25. The van der Waals surface area contributed by atoms with Crippen molar-refractivity contribution in [3.63, 3.8) is 0 Å². The van der Waals surface area contributed by atoms with Crippen LogP contribution in [0.3, 0.4) is 0 Å². The molecule has 1 aliphatic rings. The largest absolute Gasteiger partial charge is 0.457 e. The summed E-state index contributed by atoms with van der Waals surface area (Å²) in [5, 5.41) is 9.59. The highest BCUT2D eigenvalue weighted by Crippen LogP contribution is 2.39. The van der Waals surface area contributed by atoms with Crippen molar-refractivity contribution in [1.82, 2.24) is 9.97 Å². The molecule has 1 aromatic heterocycles. The number of aromatic amines is 2. The number of allylic oxidation sites excluding steroid dienone is 1. The number of aromatic nitrogens is 2. The molecule has 4 N–H and O–H groups in total. The summed E-state index contributed by atoms with van der Waals surface area (Å²) in [5.74, 6) is 0.104. The van der Waals surface area contributed by atoms with Crippen molar-refractivity contribution in [3.8, 4) is 23.4 Å². The zero-order valence-corrected chi connectivity index (χ0v) is 14.4. The van der Waals surface area contributed by atoms with E-state index in [2.05, 4.69) is 9.97 Å². The number of ether oxygens (including phenoxy) is 2. The van der Waals surface area contributed by atoms with Crippen LogP contribution in [-0.4, -0.2) is 9.97 Å². The first kappa shape index (κ1) is 17.2. The first-order valence-electron chi connectivity index (χ1n) is 8.34. The fraction of sp³-hybridized carbons (Fsp3) is 0.0500. The lowest BCUT2D eigenvalue weighted by Crippen LogP contribution is -2.33. The Morgan fingerprint density at radius 3 is 2.54 bits per heavy atom. The maximum atomic E-state index is 12.5. The van der Waals surface area contributed by atoms with Gasteiger partial charge in [-0.1, -0.05) is 30.3 Å². The van der Waals surface area contributed by atoms with E-state index in [4.69, 9.17) is 15.2 Å². The third-order valence-corrected chi connectivity index (χ3v) is 4.29. The van der Waals surface area contributed by atoms with Gasteiger partial charge in [-0.25, -0.2) is 4.79 Å². The van der Waals surface area contributed by atoms with Crippen LogP contribution in [-0.2, 0) is 0 Å². The van der Waals surface area contributed by atoms with Crippen molar-refractivity contribution in [2.45, 2.75) is 5.92 Å². The Balaban J connectivity index is 1.84. The third-order valence-electron chi connectivity index (χ3n) is 4.29. The highest BCUT2D eigenvalue weighted by Gasteiger charge is 2.34. The highest BCUT2D eigenvalue weighted by atomic mass is 16.5. The Morgan fingerprint density at radius 1 is 1.04 bits per heavy atom. The van der Waals surface area contributed by atoms with Crippen LogP contribution in [0.2, 0.25) is 0 Å². The van der Waals surface area contributed by atoms with E-state index < -0.39 is 17.2 Å². The number of hydrogen-bond acceptors (Lipinski definition) is 6. The number of rotatable bonds is 3. The monoisotopic (exact) mass is 374 g/mol. The Bertz CT molecular complexity index is 1240. The molecule has 0 bridgehead atoms. The summed E-state index contributed by atoms with van der Waals surface area (Å²) in [4.78, 5) is 28.6. The summed E-state index contributed by atoms with van der Waals surface area (Å²) < 4.78 is 11.1. The molecule has 4 rings (SSSR count). The normalized spacial score (nSPS) is 15.3. The molecule has 8 nitrogen and oxygen atoms in total. The van der Waals surface area contributed by atoms with Gasteiger partial charge in [0.25, 0.3) is 5.56 Å². The molecule has 1 aliphatic heterocycles. The molecule has 2 heterocycles. The molecular weight excluding hydrogens is 360 g/mol. The molecule has 1 unspecified atom stereocenters. The van der Waals surface area contributed by atoms with Gasteiger partial charge in [0.15, 0.2) is 0 Å². The molecule has 0 radical (unpaired) electrons. The summed E-state index contributed by atoms with van der Waals surface area (Å²) in [5.41, 5.74) is 5.25. The summed E-state index contributed by atoms with van der Waals surface area (Å²) in [6.07, 6.45) is 0. The van der Waals surface area contributed by atoms with Crippen molar-refractivity contribution >= 4 is 0 Å². The Morgan fingerprint density at radius 2 is 1.79 bits per heavy atom. The van der Waals surface area contributed by atoms with Crippen molar-refractivity contribution in [2.75, 3.05) is 0 Å². The number of nitrogens with two attached hydrogens (primary N) is 1. The van der Waals surface area contributed by atoms with Crippen LogP contribution >= 0.6 is 0 Å². The predicted octanol–water partition coefficient (Wildman–Crippen LogP) is 2.07. The van der Waals surface area contributed by atoms with Gasteiger partial charge in [0.05, 0.1) is 11.5 Å². The predicted molar refractivity (Wildman–Crippen MR) is 99.9 cm³/mol. The zero-order valence-electron chi connectivity index (χ0n) is 14.4. The first-order chi connectivity index (χ1) is 13.6. The van der Waals surface area contributed by atoms with E-state index in [9.17, 15) is 14.9 Å². The number of nitrogens with one attached hydrogen (secondary N) is 2. The number of para-hydroxylation sites is 1. The van der Waals surface area contributed by atoms with Gasteiger partial charge in [0.2, 0.25) is 11.8 Å². The number of benzene rings is 2. The van der Waals surface area contributed by atoms with E-state index >= 15 is 0 Å². The summed E-state index contributed by atoms with van der Waals surface area (Å²) in [7, 11) is 0. The van der Waals surface area contributed by atoms with Crippen molar-refractivity contribution in [1.29, 1.82) is 5.26 Å². The lowest BCUT2D eigenvalue weighted by Gasteiger charge is -2.25. The number of nitrogens with zero attached hydrogens (tertiary/aromatic N) is 1. The summed E-state index contributed by atoms with van der Waals surface area (Å²) >= 11 is 0. The van der Waals surface area contributed by atoms with E-state index in [1.807, 2.05) is 36.4 Å². The molecule has 0 amide bonds. The molecular formula is C20H14N4O4. The Kier molecular flexibility index (Phi) is 4.18. The molecule has 138 valence electrons. The van der Waals surface area contributed by atoms with E-state index in [1.165, 1.54) is 0 Å². The maximum absolute atomic E-state index is 12.5. The van der Waals surface area contributed by atoms with Crippen LogP contribution in [0.4, 0.5) is 0 Å². The van der Waals surface area contributed by atoms with Crippen LogP contribution < -0.4 is 26.5 Å². The molecule has 0 fully saturated rings. The van der Waals surface area contributed by atoms with E-state index in [-0.39, 0.29) is 22.9 Å². The molecule has 0 aliphatic carbocycles. The van der Waals surface area contributed by atoms with E-state index in [0.29, 0.717) is 17.1 Å². The molecule has 0 saturated carbocycles. The molecule has 28 heavy (non-hydrogen) atoms. The summed E-state index contributed by atoms with van der Waals surface area (Å²) in [6.45, 7) is 0. The average Bonchev–Trinajstić information content (AvgIpc) is 2.67. The fourth-order valence-corrected chi connectivity index (χ4v) is 3.10. The number of H-pyrrole nitrogens is 2. The molecule has 0 saturated heterocycles. The highest BCUT2D eigenvalue weighted by molar-refractivity contribution is 5.53. The fourth-order valence-electron chi connectivity index (χ4n) is 3.10. The molecule has 3 aromatic rings. The second-order valence-electron chi connectivity index (χ2n) is 6.06. The van der Waals surface area contributed by atoms with Gasteiger partial charge in [0.1, 0.15) is 23.1 Å². The van der Waals surface area contributed by atoms with Crippen LogP contribution in [0.25, 0.3) is 0 Å². The SMILES string of the molecule is N#CC1=C(N)Oc2[nH]c(=O)[nH]c(=O)c2C1c1cccc(Oc2ccccc2)c1. The van der Waals surface area contributed by atoms with Gasteiger partial charge < -0.3 is 15.2 Å². The minimum absolute atomic E-state index is 0.0712. The average molecular weight is 374 g/mol. The third kappa shape index (κ3) is 3.01. The second kappa shape index (κ2) is 6.81. The van der Waals surface area contributed by atoms with E-state index in [0.717, 1.165) is 0 Å². The van der Waals surface area contributed by atoms with Crippen molar-refractivity contribution in [3.05, 3.63) is 98.0 Å². The zero-order chi connectivity index (χ0) is 19.7. The minimum Gasteiger partial charge on any atom is -0.457 e. The van der Waals surface area contributed by atoms with Crippen molar-refractivity contribution in [2.24, 2.45) is 5.73 Å². The van der Waals surface area contributed by atoms with Crippen molar-refractivity contribution < 1.29 is 9.47 Å². The van der Waals surface area contributed by atoms with Gasteiger partial charge in [0, 0.05) is 0 Å². The smallest absolute Gasteiger partial charge is 0.328 e. The number of hydrogen-bond donors (Lipinski definition) is 3.